The third-order valence-corrected chi connectivity index (χ3v) is 5.49. The zero-order valence-electron chi connectivity index (χ0n) is 16.6. The molecule has 0 bridgehead atoms. The Bertz CT molecular complexity index is 801. The average molecular weight is 389 g/mol. The number of rotatable bonds is 7. The van der Waals surface area contributed by atoms with Crippen molar-refractivity contribution in [1.29, 1.82) is 0 Å². The van der Waals surface area contributed by atoms with E-state index in [4.69, 9.17) is 4.74 Å². The number of nitrogens with zero attached hydrogens (tertiary/aromatic N) is 2. The number of thiazole rings is 1. The van der Waals surface area contributed by atoms with Crippen LogP contribution in [0.1, 0.15) is 51.4 Å². The van der Waals surface area contributed by atoms with Gasteiger partial charge in [0.15, 0.2) is 5.96 Å². The number of aliphatic imine (C=N–C) groups is 1. The summed E-state index contributed by atoms with van der Waals surface area (Å²) < 4.78 is 5.08. The van der Waals surface area contributed by atoms with E-state index in [0.717, 1.165) is 18.0 Å². The van der Waals surface area contributed by atoms with Crippen molar-refractivity contribution >= 4 is 23.3 Å². The van der Waals surface area contributed by atoms with E-state index in [1.165, 1.54) is 22.5 Å². The fourth-order valence-electron chi connectivity index (χ4n) is 2.66. The van der Waals surface area contributed by atoms with Crippen LogP contribution in [0.15, 0.2) is 29.3 Å². The molecule has 1 aromatic carbocycles. The topological polar surface area (TPSA) is 75.6 Å². The van der Waals surface area contributed by atoms with Crippen LogP contribution in [0.4, 0.5) is 0 Å². The third kappa shape index (κ3) is 5.79. The number of hydrogen-bond donors (Lipinski definition) is 2. The summed E-state index contributed by atoms with van der Waals surface area (Å²) in [6.45, 7) is 8.89. The van der Waals surface area contributed by atoms with E-state index >= 15 is 0 Å². The standard InChI is InChI=1S/C20H28N4O2S/c1-6-26-19(25)17-14(3)23-18(27-17)15(4)24-20(21-5)22-12-11-16-10-8-7-9-13(16)2/h7-10,15H,6,11-12H2,1-5H3,(H2,21,22,24). The first-order valence-corrected chi connectivity index (χ1v) is 9.94. The van der Waals surface area contributed by atoms with Crippen molar-refractivity contribution in [2.45, 2.75) is 40.2 Å². The van der Waals surface area contributed by atoms with Gasteiger partial charge in [0.1, 0.15) is 9.88 Å². The number of carbonyl (C=O) groups excluding carboxylic acids is 1. The molecule has 0 aliphatic rings. The van der Waals surface area contributed by atoms with Crippen LogP contribution >= 0.6 is 11.3 Å². The summed E-state index contributed by atoms with van der Waals surface area (Å²) in [5, 5.41) is 7.50. The largest absolute Gasteiger partial charge is 0.462 e. The molecule has 0 aliphatic carbocycles. The second-order valence-electron chi connectivity index (χ2n) is 6.23. The van der Waals surface area contributed by atoms with E-state index in [0.29, 0.717) is 23.1 Å². The maximum Gasteiger partial charge on any atom is 0.350 e. The smallest absolute Gasteiger partial charge is 0.350 e. The lowest BCUT2D eigenvalue weighted by Crippen LogP contribution is -2.39. The molecule has 2 N–H and O–H groups in total. The number of hydrogen-bond acceptors (Lipinski definition) is 5. The van der Waals surface area contributed by atoms with Gasteiger partial charge in [-0.3, -0.25) is 4.99 Å². The molecule has 1 aromatic heterocycles. The second kappa shape index (κ2) is 10.1. The van der Waals surface area contributed by atoms with E-state index < -0.39 is 0 Å². The molecule has 7 heteroatoms. The number of nitrogens with one attached hydrogen (secondary N) is 2. The summed E-state index contributed by atoms with van der Waals surface area (Å²) in [5.74, 6) is 0.397. The van der Waals surface area contributed by atoms with Crippen molar-refractivity contribution in [3.63, 3.8) is 0 Å². The molecule has 0 saturated heterocycles. The van der Waals surface area contributed by atoms with Gasteiger partial charge < -0.3 is 15.4 Å². The zero-order chi connectivity index (χ0) is 19.8. The molecule has 0 fully saturated rings. The minimum Gasteiger partial charge on any atom is -0.462 e. The number of aromatic nitrogens is 1. The number of ether oxygens (including phenoxy) is 1. The fraction of sp³-hybridized carbons (Fsp3) is 0.450. The first kappa shape index (κ1) is 20.9. The van der Waals surface area contributed by atoms with E-state index in [2.05, 4.69) is 51.8 Å². The Hall–Kier alpha value is -2.41. The van der Waals surface area contributed by atoms with Crippen LogP contribution in [0, 0.1) is 13.8 Å². The molecular formula is C20H28N4O2S. The summed E-state index contributed by atoms with van der Waals surface area (Å²) in [6.07, 6.45) is 0.922. The number of aryl methyl sites for hydroxylation is 2. The highest BCUT2D eigenvalue weighted by Gasteiger charge is 2.20. The highest BCUT2D eigenvalue weighted by Crippen LogP contribution is 2.24. The lowest BCUT2D eigenvalue weighted by atomic mass is 10.1. The van der Waals surface area contributed by atoms with Crippen molar-refractivity contribution in [3.8, 4) is 0 Å². The molecule has 6 nitrogen and oxygen atoms in total. The Labute approximate surface area is 165 Å². The zero-order valence-corrected chi connectivity index (χ0v) is 17.4. The van der Waals surface area contributed by atoms with Gasteiger partial charge in [-0.2, -0.15) is 0 Å². The van der Waals surface area contributed by atoms with E-state index in [9.17, 15) is 4.79 Å². The van der Waals surface area contributed by atoms with Gasteiger partial charge in [-0.05, 0) is 45.2 Å². The Balaban J connectivity index is 1.93. The van der Waals surface area contributed by atoms with Crippen LogP contribution in [0.2, 0.25) is 0 Å². The number of carbonyl (C=O) groups is 1. The van der Waals surface area contributed by atoms with Gasteiger partial charge in [-0.15, -0.1) is 11.3 Å². The van der Waals surface area contributed by atoms with E-state index in [1.807, 2.05) is 13.8 Å². The summed E-state index contributed by atoms with van der Waals surface area (Å²) in [4.78, 5) is 21.3. The van der Waals surface area contributed by atoms with Crippen LogP contribution < -0.4 is 10.6 Å². The molecule has 0 amide bonds. The predicted molar refractivity (Wildman–Crippen MR) is 111 cm³/mol. The molecular weight excluding hydrogens is 360 g/mol. The molecule has 1 heterocycles. The number of guanidine groups is 1. The van der Waals surface area contributed by atoms with Crippen molar-refractivity contribution in [2.24, 2.45) is 4.99 Å². The van der Waals surface area contributed by atoms with Gasteiger partial charge in [0, 0.05) is 13.6 Å². The fourth-order valence-corrected chi connectivity index (χ4v) is 3.62. The molecule has 0 saturated carbocycles. The maximum atomic E-state index is 12.0. The Morgan fingerprint density at radius 2 is 2.07 bits per heavy atom. The first-order chi connectivity index (χ1) is 13.0. The molecule has 1 atom stereocenters. The van der Waals surface area contributed by atoms with Gasteiger partial charge in [0.25, 0.3) is 0 Å². The highest BCUT2D eigenvalue weighted by molar-refractivity contribution is 7.13. The molecule has 146 valence electrons. The SMILES string of the molecule is CCOC(=O)c1sc(C(C)NC(=NC)NCCc2ccccc2C)nc1C. The summed E-state index contributed by atoms with van der Waals surface area (Å²) in [6, 6.07) is 8.31. The van der Waals surface area contributed by atoms with Gasteiger partial charge in [0.2, 0.25) is 0 Å². The van der Waals surface area contributed by atoms with Crippen LogP contribution in [-0.4, -0.2) is 37.1 Å². The maximum absolute atomic E-state index is 12.0. The minimum absolute atomic E-state index is 0.0680. The van der Waals surface area contributed by atoms with Gasteiger partial charge in [-0.25, -0.2) is 9.78 Å². The molecule has 2 rings (SSSR count). The second-order valence-corrected chi connectivity index (χ2v) is 7.26. The third-order valence-electron chi connectivity index (χ3n) is 4.17. The Morgan fingerprint density at radius 1 is 1.33 bits per heavy atom. The first-order valence-electron chi connectivity index (χ1n) is 9.12. The van der Waals surface area contributed by atoms with Crippen molar-refractivity contribution in [1.82, 2.24) is 15.6 Å². The van der Waals surface area contributed by atoms with E-state index in [1.54, 1.807) is 14.0 Å². The van der Waals surface area contributed by atoms with Crippen LogP contribution in [0.3, 0.4) is 0 Å². The van der Waals surface area contributed by atoms with Crippen LogP contribution in [0.25, 0.3) is 0 Å². The van der Waals surface area contributed by atoms with Crippen LogP contribution in [0.5, 0.6) is 0 Å². The lowest BCUT2D eigenvalue weighted by molar-refractivity contribution is 0.0531. The average Bonchev–Trinajstić information content (AvgIpc) is 3.04. The summed E-state index contributed by atoms with van der Waals surface area (Å²) >= 11 is 1.36. The highest BCUT2D eigenvalue weighted by atomic mass is 32.1. The van der Waals surface area contributed by atoms with Gasteiger partial charge in [-0.1, -0.05) is 24.3 Å². The minimum atomic E-state index is -0.313. The Morgan fingerprint density at radius 3 is 2.74 bits per heavy atom. The predicted octanol–water partition coefficient (Wildman–Crippen LogP) is 3.41. The summed E-state index contributed by atoms with van der Waals surface area (Å²) in [5.41, 5.74) is 3.31. The summed E-state index contributed by atoms with van der Waals surface area (Å²) in [7, 11) is 1.74. The van der Waals surface area contributed by atoms with Gasteiger partial charge >= 0.3 is 5.97 Å². The van der Waals surface area contributed by atoms with Crippen molar-refractivity contribution in [3.05, 3.63) is 51.0 Å². The van der Waals surface area contributed by atoms with Crippen LogP contribution in [-0.2, 0) is 11.2 Å². The van der Waals surface area contributed by atoms with Crippen molar-refractivity contribution < 1.29 is 9.53 Å². The Kier molecular flexibility index (Phi) is 7.79. The molecule has 27 heavy (non-hydrogen) atoms. The molecule has 0 spiro atoms. The molecule has 0 aliphatic heterocycles. The number of benzene rings is 1. The number of esters is 1. The normalized spacial score (nSPS) is 12.6. The quantitative estimate of drug-likeness (QED) is 0.432. The molecule has 1 unspecified atom stereocenters. The van der Waals surface area contributed by atoms with Crippen molar-refractivity contribution in [2.75, 3.05) is 20.2 Å². The van der Waals surface area contributed by atoms with Gasteiger partial charge in [0.05, 0.1) is 18.3 Å². The lowest BCUT2D eigenvalue weighted by Gasteiger charge is -2.16. The van der Waals surface area contributed by atoms with E-state index in [-0.39, 0.29) is 12.0 Å². The molecule has 0 radical (unpaired) electrons. The molecule has 2 aromatic rings. The monoisotopic (exact) mass is 388 g/mol.